The second kappa shape index (κ2) is 7.96. The van der Waals surface area contributed by atoms with Gasteiger partial charge >= 0.3 is 0 Å². The molecule has 0 saturated heterocycles. The lowest BCUT2D eigenvalue weighted by atomic mass is 9.78. The van der Waals surface area contributed by atoms with Crippen molar-refractivity contribution in [1.82, 2.24) is 10.2 Å². The molecule has 0 bridgehead atoms. The number of nitrogens with zero attached hydrogens (tertiary/aromatic N) is 1. The summed E-state index contributed by atoms with van der Waals surface area (Å²) in [4.78, 5) is 15.0. The minimum absolute atomic E-state index is 0.104. The molecule has 5 nitrogen and oxygen atoms in total. The van der Waals surface area contributed by atoms with E-state index in [9.17, 15) is 4.79 Å². The van der Waals surface area contributed by atoms with E-state index in [0.717, 1.165) is 10.9 Å². The van der Waals surface area contributed by atoms with Gasteiger partial charge in [0.2, 0.25) is 0 Å². The Hall–Kier alpha value is -1.27. The number of hydrogen-bond donors (Lipinski definition) is 1. The monoisotopic (exact) mass is 410 g/mol. The van der Waals surface area contributed by atoms with E-state index in [2.05, 4.69) is 40.2 Å². The molecular weight excluding hydrogens is 384 g/mol. The van der Waals surface area contributed by atoms with Crippen molar-refractivity contribution in [2.45, 2.75) is 44.1 Å². The number of rotatable bonds is 5. The molecule has 2 aliphatic rings. The zero-order chi connectivity index (χ0) is 17.9. The summed E-state index contributed by atoms with van der Waals surface area (Å²) >= 11 is 3.45. The molecule has 1 N–H and O–H groups in total. The molecule has 1 aliphatic carbocycles. The van der Waals surface area contributed by atoms with Crippen molar-refractivity contribution in [2.24, 2.45) is 0 Å². The Labute approximate surface area is 158 Å². The highest BCUT2D eigenvalue weighted by Gasteiger charge is 2.33. The molecule has 1 aromatic rings. The summed E-state index contributed by atoms with van der Waals surface area (Å²) in [7, 11) is 4.31. The van der Waals surface area contributed by atoms with Crippen molar-refractivity contribution >= 4 is 21.8 Å². The van der Waals surface area contributed by atoms with E-state index < -0.39 is 0 Å². The molecule has 0 aromatic heterocycles. The number of carbonyl (C=O) groups is 1. The maximum Gasteiger partial charge on any atom is 0.255 e. The first-order valence-electron chi connectivity index (χ1n) is 9.07. The van der Waals surface area contributed by atoms with Gasteiger partial charge in [0.05, 0.1) is 5.56 Å². The quantitative estimate of drug-likeness (QED) is 0.805. The number of nitrogens with one attached hydrogen (secondary N) is 1. The van der Waals surface area contributed by atoms with Gasteiger partial charge in [0.1, 0.15) is 13.2 Å². The Kier molecular flexibility index (Phi) is 5.89. The van der Waals surface area contributed by atoms with Crippen LogP contribution in [0.5, 0.6) is 11.5 Å². The van der Waals surface area contributed by atoms with E-state index in [4.69, 9.17) is 9.47 Å². The predicted molar refractivity (Wildman–Crippen MR) is 102 cm³/mol. The van der Waals surface area contributed by atoms with Crippen LogP contribution in [0.1, 0.15) is 48.9 Å². The average Bonchev–Trinajstić information content (AvgIpc) is 2.61. The maximum absolute atomic E-state index is 12.7. The summed E-state index contributed by atoms with van der Waals surface area (Å²) in [5.41, 5.74) is 0.744. The molecule has 1 heterocycles. The summed E-state index contributed by atoms with van der Waals surface area (Å²) < 4.78 is 12.1. The molecule has 0 unspecified atom stereocenters. The summed E-state index contributed by atoms with van der Waals surface area (Å²) in [6.07, 6.45) is 7.26. The number of ether oxygens (including phenoxy) is 2. The number of hydrogen-bond acceptors (Lipinski definition) is 4. The number of benzene rings is 1. The zero-order valence-corrected chi connectivity index (χ0v) is 16.7. The van der Waals surface area contributed by atoms with Crippen LogP contribution in [0.2, 0.25) is 0 Å². The minimum atomic E-state index is -0.104. The van der Waals surface area contributed by atoms with E-state index in [0.29, 0.717) is 36.8 Å². The third kappa shape index (κ3) is 4.11. The van der Waals surface area contributed by atoms with Crippen LogP contribution in [0.25, 0.3) is 0 Å². The number of carbonyl (C=O) groups excluding carboxylic acids is 1. The van der Waals surface area contributed by atoms with Crippen molar-refractivity contribution in [3.63, 3.8) is 0 Å². The molecule has 0 radical (unpaired) electrons. The Bertz CT molecular complexity index is 627. The van der Waals surface area contributed by atoms with Crippen LogP contribution in [0.15, 0.2) is 16.6 Å². The van der Waals surface area contributed by atoms with Crippen molar-refractivity contribution in [3.8, 4) is 11.5 Å². The van der Waals surface area contributed by atoms with Gasteiger partial charge < -0.3 is 19.7 Å². The molecule has 6 heteroatoms. The van der Waals surface area contributed by atoms with Crippen molar-refractivity contribution in [1.29, 1.82) is 0 Å². The Balaban J connectivity index is 1.66. The largest absolute Gasteiger partial charge is 0.486 e. The smallest absolute Gasteiger partial charge is 0.255 e. The van der Waals surface area contributed by atoms with Crippen LogP contribution in [0.4, 0.5) is 0 Å². The number of amides is 1. The van der Waals surface area contributed by atoms with E-state index in [1.807, 2.05) is 6.07 Å². The fourth-order valence-electron chi connectivity index (χ4n) is 3.92. The lowest BCUT2D eigenvalue weighted by Gasteiger charge is -2.43. The topological polar surface area (TPSA) is 50.8 Å². The second-order valence-electron chi connectivity index (χ2n) is 7.16. The van der Waals surface area contributed by atoms with E-state index >= 15 is 0 Å². The summed E-state index contributed by atoms with van der Waals surface area (Å²) in [5.74, 6) is 1.07. The Morgan fingerprint density at radius 3 is 2.64 bits per heavy atom. The van der Waals surface area contributed by atoms with Gasteiger partial charge in [-0.25, -0.2) is 0 Å². The molecule has 1 aromatic carbocycles. The number of fused-ring (bicyclic) bond motifs is 1. The van der Waals surface area contributed by atoms with Crippen LogP contribution >= 0.6 is 15.9 Å². The van der Waals surface area contributed by atoms with Gasteiger partial charge in [-0.2, -0.15) is 0 Å². The normalized spacial score (nSPS) is 18.9. The summed E-state index contributed by atoms with van der Waals surface area (Å²) in [5, 5.41) is 3.08. The highest BCUT2D eigenvalue weighted by atomic mass is 79.9. The summed E-state index contributed by atoms with van der Waals surface area (Å²) in [6, 6.07) is 3.64. The van der Waals surface area contributed by atoms with Crippen LogP contribution in [0, 0.1) is 0 Å². The third-order valence-corrected chi connectivity index (χ3v) is 5.92. The molecule has 138 valence electrons. The lowest BCUT2D eigenvalue weighted by molar-refractivity contribution is 0.0831. The third-order valence-electron chi connectivity index (χ3n) is 5.46. The molecule has 1 amide bonds. The molecule has 1 fully saturated rings. The summed E-state index contributed by atoms with van der Waals surface area (Å²) in [6.45, 7) is 1.65. The molecule has 1 aliphatic heterocycles. The van der Waals surface area contributed by atoms with Gasteiger partial charge in [-0.1, -0.05) is 35.2 Å². The molecule has 25 heavy (non-hydrogen) atoms. The van der Waals surface area contributed by atoms with Gasteiger partial charge in [-0.3, -0.25) is 4.79 Å². The number of halogens is 1. The molecule has 1 saturated carbocycles. The lowest BCUT2D eigenvalue weighted by Crippen LogP contribution is -2.48. The average molecular weight is 411 g/mol. The fourth-order valence-corrected chi connectivity index (χ4v) is 4.36. The second-order valence-corrected chi connectivity index (χ2v) is 8.08. The Morgan fingerprint density at radius 1 is 1.20 bits per heavy atom. The van der Waals surface area contributed by atoms with E-state index in [-0.39, 0.29) is 11.4 Å². The van der Waals surface area contributed by atoms with Crippen LogP contribution in [0.3, 0.4) is 0 Å². The van der Waals surface area contributed by atoms with Crippen LogP contribution < -0.4 is 14.8 Å². The molecule has 0 spiro atoms. The fraction of sp³-hybridized carbons (Fsp3) is 0.632. The first kappa shape index (κ1) is 18.5. The van der Waals surface area contributed by atoms with E-state index in [1.54, 1.807) is 6.07 Å². The zero-order valence-electron chi connectivity index (χ0n) is 15.1. The standard InChI is InChI=1S/C19H27BrN2O3/c1-22(2)19(6-4-3-5-7-19)8-9-21-18(23)15-12-14(20)13-16-17(15)25-11-10-24-16/h12-13H,3-11H2,1-2H3,(H,21,23). The van der Waals surface area contributed by atoms with Gasteiger partial charge in [0.25, 0.3) is 5.91 Å². The maximum atomic E-state index is 12.7. The minimum Gasteiger partial charge on any atom is -0.486 e. The van der Waals surface area contributed by atoms with Gasteiger partial charge in [0, 0.05) is 16.6 Å². The van der Waals surface area contributed by atoms with Gasteiger partial charge in [0.15, 0.2) is 11.5 Å². The Morgan fingerprint density at radius 2 is 1.92 bits per heavy atom. The van der Waals surface area contributed by atoms with Gasteiger partial charge in [-0.05, 0) is 45.5 Å². The van der Waals surface area contributed by atoms with Crippen molar-refractivity contribution in [2.75, 3.05) is 33.9 Å². The first-order valence-corrected chi connectivity index (χ1v) is 9.86. The molecular formula is C19H27BrN2O3. The predicted octanol–water partition coefficient (Wildman–Crippen LogP) is 3.60. The van der Waals surface area contributed by atoms with Crippen molar-refractivity contribution < 1.29 is 14.3 Å². The van der Waals surface area contributed by atoms with Crippen LogP contribution in [-0.4, -0.2) is 50.2 Å². The first-order chi connectivity index (χ1) is 12.0. The van der Waals surface area contributed by atoms with Crippen molar-refractivity contribution in [3.05, 3.63) is 22.2 Å². The molecule has 0 atom stereocenters. The highest BCUT2D eigenvalue weighted by molar-refractivity contribution is 9.10. The highest BCUT2D eigenvalue weighted by Crippen LogP contribution is 2.37. The van der Waals surface area contributed by atoms with Gasteiger partial charge in [-0.15, -0.1) is 0 Å². The molecule has 3 rings (SSSR count). The SMILES string of the molecule is CN(C)C1(CCNC(=O)c2cc(Br)cc3c2OCCO3)CCCCC1. The van der Waals surface area contributed by atoms with Crippen LogP contribution in [-0.2, 0) is 0 Å². The van der Waals surface area contributed by atoms with E-state index in [1.165, 1.54) is 32.1 Å².